The Bertz CT molecular complexity index is 757. The molecule has 0 spiro atoms. The fourth-order valence-electron chi connectivity index (χ4n) is 2.64. The van der Waals surface area contributed by atoms with E-state index >= 15 is 0 Å². The second kappa shape index (κ2) is 7.74. The summed E-state index contributed by atoms with van der Waals surface area (Å²) in [5.41, 5.74) is 0.000774. The number of hydrogen-bond acceptors (Lipinski definition) is 4. The monoisotopic (exact) mass is 365 g/mol. The van der Waals surface area contributed by atoms with Gasteiger partial charge in [-0.15, -0.1) is 0 Å². The zero-order valence-corrected chi connectivity index (χ0v) is 13.9. The van der Waals surface area contributed by atoms with Crippen molar-refractivity contribution in [1.82, 2.24) is 10.3 Å². The number of benzene rings is 1. The normalized spacial score (nSPS) is 15.0. The molecule has 0 atom stereocenters. The van der Waals surface area contributed by atoms with Crippen LogP contribution < -0.4 is 10.2 Å². The van der Waals surface area contributed by atoms with Crippen molar-refractivity contribution in [3.05, 3.63) is 59.3 Å². The van der Waals surface area contributed by atoms with Crippen LogP contribution in [0.25, 0.3) is 0 Å². The first-order valence-corrected chi connectivity index (χ1v) is 8.16. The van der Waals surface area contributed by atoms with Crippen LogP contribution in [0, 0.1) is 0 Å². The molecule has 2 aromatic rings. The summed E-state index contributed by atoms with van der Waals surface area (Å²) in [6.07, 6.45) is -2.94. The summed E-state index contributed by atoms with van der Waals surface area (Å²) < 4.78 is 43.4. The molecule has 1 aliphatic rings. The van der Waals surface area contributed by atoms with Crippen LogP contribution in [-0.2, 0) is 17.5 Å². The van der Waals surface area contributed by atoms with E-state index < -0.39 is 11.7 Å². The third-order valence-corrected chi connectivity index (χ3v) is 4.05. The van der Waals surface area contributed by atoms with Crippen LogP contribution in [-0.4, -0.2) is 37.2 Å². The molecule has 0 saturated carbocycles. The molecule has 0 radical (unpaired) electrons. The molecular formula is C18H18F3N3O2. The number of hydrogen-bond donors (Lipinski definition) is 1. The summed E-state index contributed by atoms with van der Waals surface area (Å²) >= 11 is 0. The van der Waals surface area contributed by atoms with E-state index in [4.69, 9.17) is 4.74 Å². The van der Waals surface area contributed by atoms with Crippen LogP contribution in [0.4, 0.5) is 19.0 Å². The molecule has 138 valence electrons. The molecule has 1 N–H and O–H groups in total. The molecule has 0 bridgehead atoms. The summed E-state index contributed by atoms with van der Waals surface area (Å²) in [5.74, 6) is 0.381. The van der Waals surface area contributed by atoms with Gasteiger partial charge in [-0.3, -0.25) is 4.79 Å². The predicted molar refractivity (Wildman–Crippen MR) is 89.9 cm³/mol. The Balaban J connectivity index is 1.60. The van der Waals surface area contributed by atoms with Gasteiger partial charge in [-0.25, -0.2) is 4.98 Å². The zero-order chi connectivity index (χ0) is 18.6. The largest absolute Gasteiger partial charge is 0.416 e. The second-order valence-electron chi connectivity index (χ2n) is 5.89. The lowest BCUT2D eigenvalue weighted by Crippen LogP contribution is -2.36. The number of pyridine rings is 1. The highest BCUT2D eigenvalue weighted by molar-refractivity contribution is 5.94. The minimum absolute atomic E-state index is 0.00791. The van der Waals surface area contributed by atoms with Gasteiger partial charge in [-0.2, -0.15) is 13.2 Å². The van der Waals surface area contributed by atoms with Crippen molar-refractivity contribution in [2.45, 2.75) is 12.7 Å². The SMILES string of the molecule is O=C(NCc1cccc(C(F)(F)F)c1)c1ccc(N2CCOCC2)nc1. The summed E-state index contributed by atoms with van der Waals surface area (Å²) in [4.78, 5) is 18.5. The number of aromatic nitrogens is 1. The van der Waals surface area contributed by atoms with Crippen molar-refractivity contribution < 1.29 is 22.7 Å². The van der Waals surface area contributed by atoms with Gasteiger partial charge in [0.15, 0.2) is 0 Å². The minimum atomic E-state index is -4.40. The molecule has 1 saturated heterocycles. The molecule has 1 aliphatic heterocycles. The molecule has 3 rings (SSSR count). The van der Waals surface area contributed by atoms with E-state index in [1.165, 1.54) is 18.3 Å². The fraction of sp³-hybridized carbons (Fsp3) is 0.333. The van der Waals surface area contributed by atoms with Crippen LogP contribution in [0.1, 0.15) is 21.5 Å². The predicted octanol–water partition coefficient (Wildman–Crippen LogP) is 2.87. The molecule has 0 unspecified atom stereocenters. The fourth-order valence-corrected chi connectivity index (χ4v) is 2.64. The molecule has 26 heavy (non-hydrogen) atoms. The van der Waals surface area contributed by atoms with Gasteiger partial charge in [0.2, 0.25) is 0 Å². The Morgan fingerprint density at radius 3 is 2.62 bits per heavy atom. The van der Waals surface area contributed by atoms with Gasteiger partial charge in [0, 0.05) is 25.8 Å². The van der Waals surface area contributed by atoms with E-state index in [0.29, 0.717) is 24.3 Å². The molecule has 2 heterocycles. The molecule has 1 fully saturated rings. The molecule has 8 heteroatoms. The van der Waals surface area contributed by atoms with E-state index in [0.717, 1.165) is 31.0 Å². The van der Waals surface area contributed by atoms with Crippen molar-refractivity contribution in [3.63, 3.8) is 0 Å². The molecule has 0 aliphatic carbocycles. The minimum Gasteiger partial charge on any atom is -0.378 e. The third-order valence-electron chi connectivity index (χ3n) is 4.05. The van der Waals surface area contributed by atoms with Gasteiger partial charge in [-0.1, -0.05) is 12.1 Å². The lowest BCUT2D eigenvalue weighted by atomic mass is 10.1. The Hall–Kier alpha value is -2.61. The quantitative estimate of drug-likeness (QED) is 0.905. The summed E-state index contributed by atoms with van der Waals surface area (Å²) in [6, 6.07) is 8.29. The Morgan fingerprint density at radius 2 is 1.96 bits per heavy atom. The summed E-state index contributed by atoms with van der Waals surface area (Å²) in [5, 5.41) is 2.61. The number of carbonyl (C=O) groups excluding carboxylic acids is 1. The Kier molecular flexibility index (Phi) is 5.41. The van der Waals surface area contributed by atoms with Gasteiger partial charge in [0.1, 0.15) is 5.82 Å². The average Bonchev–Trinajstić information content (AvgIpc) is 2.66. The first kappa shape index (κ1) is 18.2. The number of alkyl halides is 3. The number of nitrogens with zero attached hydrogens (tertiary/aromatic N) is 2. The number of carbonyl (C=O) groups is 1. The van der Waals surface area contributed by atoms with E-state index in [1.807, 2.05) is 0 Å². The first-order chi connectivity index (χ1) is 12.4. The lowest BCUT2D eigenvalue weighted by molar-refractivity contribution is -0.137. The van der Waals surface area contributed by atoms with Crippen molar-refractivity contribution in [3.8, 4) is 0 Å². The first-order valence-electron chi connectivity index (χ1n) is 8.16. The maximum atomic E-state index is 12.7. The van der Waals surface area contributed by atoms with Crippen molar-refractivity contribution in [2.24, 2.45) is 0 Å². The summed E-state index contributed by atoms with van der Waals surface area (Å²) in [6.45, 7) is 2.78. The third kappa shape index (κ3) is 4.51. The van der Waals surface area contributed by atoms with E-state index in [-0.39, 0.29) is 12.5 Å². The van der Waals surface area contributed by atoms with Gasteiger partial charge >= 0.3 is 6.18 Å². The van der Waals surface area contributed by atoms with Crippen LogP contribution in [0.15, 0.2) is 42.6 Å². The molecule has 1 aromatic heterocycles. The molecule has 1 aromatic carbocycles. The number of nitrogens with one attached hydrogen (secondary N) is 1. The van der Waals surface area contributed by atoms with E-state index in [1.54, 1.807) is 12.1 Å². The lowest BCUT2D eigenvalue weighted by Gasteiger charge is -2.27. The van der Waals surface area contributed by atoms with Crippen LogP contribution in [0.5, 0.6) is 0 Å². The van der Waals surface area contributed by atoms with Gasteiger partial charge < -0.3 is 15.0 Å². The zero-order valence-electron chi connectivity index (χ0n) is 13.9. The molecule has 5 nitrogen and oxygen atoms in total. The van der Waals surface area contributed by atoms with Gasteiger partial charge in [0.05, 0.1) is 24.3 Å². The van der Waals surface area contributed by atoms with Crippen molar-refractivity contribution in [1.29, 1.82) is 0 Å². The number of amides is 1. The van der Waals surface area contributed by atoms with Crippen molar-refractivity contribution in [2.75, 3.05) is 31.2 Å². The summed E-state index contributed by atoms with van der Waals surface area (Å²) in [7, 11) is 0. The maximum Gasteiger partial charge on any atom is 0.416 e. The topological polar surface area (TPSA) is 54.5 Å². The highest BCUT2D eigenvalue weighted by atomic mass is 19.4. The number of anilines is 1. The van der Waals surface area contributed by atoms with E-state index in [2.05, 4.69) is 15.2 Å². The Labute approximate surface area is 148 Å². The number of rotatable bonds is 4. The van der Waals surface area contributed by atoms with Crippen molar-refractivity contribution >= 4 is 11.7 Å². The van der Waals surface area contributed by atoms with E-state index in [9.17, 15) is 18.0 Å². The standard InChI is InChI=1S/C18H18F3N3O2/c19-18(20,21)15-3-1-2-13(10-15)11-23-17(25)14-4-5-16(22-12-14)24-6-8-26-9-7-24/h1-5,10,12H,6-9,11H2,(H,23,25). The van der Waals surface area contributed by atoms with Crippen LogP contribution >= 0.6 is 0 Å². The number of halogens is 3. The molecule has 1 amide bonds. The van der Waals surface area contributed by atoms with Crippen LogP contribution in [0.2, 0.25) is 0 Å². The smallest absolute Gasteiger partial charge is 0.378 e. The molecular weight excluding hydrogens is 347 g/mol. The highest BCUT2D eigenvalue weighted by Gasteiger charge is 2.30. The number of morpholine rings is 1. The maximum absolute atomic E-state index is 12.7. The van der Waals surface area contributed by atoms with Crippen LogP contribution in [0.3, 0.4) is 0 Å². The Morgan fingerprint density at radius 1 is 1.19 bits per heavy atom. The van der Waals surface area contributed by atoms with Gasteiger partial charge in [0.25, 0.3) is 5.91 Å². The van der Waals surface area contributed by atoms with Gasteiger partial charge in [-0.05, 0) is 29.8 Å². The number of ether oxygens (including phenoxy) is 1. The average molecular weight is 365 g/mol. The highest BCUT2D eigenvalue weighted by Crippen LogP contribution is 2.29. The second-order valence-corrected chi connectivity index (χ2v) is 5.89.